The summed E-state index contributed by atoms with van der Waals surface area (Å²) >= 11 is 6.39. The van der Waals surface area contributed by atoms with Gasteiger partial charge < -0.3 is 5.11 Å². The van der Waals surface area contributed by atoms with E-state index in [-0.39, 0.29) is 16.1 Å². The molecule has 110 valence electrons. The van der Waals surface area contributed by atoms with Gasteiger partial charge in [0.2, 0.25) is 0 Å². The molecule has 5 nitrogen and oxygen atoms in total. The highest BCUT2D eigenvalue weighted by Gasteiger charge is 2.16. The van der Waals surface area contributed by atoms with Crippen LogP contribution in [0, 0.1) is 0 Å². The highest BCUT2D eigenvalue weighted by Crippen LogP contribution is 2.26. The fourth-order valence-corrected chi connectivity index (χ4v) is 3.50. The zero-order valence-corrected chi connectivity index (χ0v) is 14.4. The van der Waals surface area contributed by atoms with Crippen LogP contribution in [0.25, 0.3) is 0 Å². The van der Waals surface area contributed by atoms with Crippen molar-refractivity contribution in [1.82, 2.24) is 0 Å². The van der Waals surface area contributed by atoms with Crippen molar-refractivity contribution < 1.29 is 18.3 Å². The first-order chi connectivity index (χ1) is 9.79. The minimum atomic E-state index is -3.73. The largest absolute Gasteiger partial charge is 0.478 e. The molecule has 0 bridgehead atoms. The maximum atomic E-state index is 12.2. The molecule has 0 amide bonds. The summed E-state index contributed by atoms with van der Waals surface area (Å²) in [5, 5.41) is 8.87. The average molecular weight is 435 g/mol. The smallest absolute Gasteiger partial charge is 0.335 e. The van der Waals surface area contributed by atoms with Crippen molar-refractivity contribution in [3.8, 4) is 0 Å². The van der Waals surface area contributed by atoms with Crippen LogP contribution in [-0.2, 0) is 10.0 Å². The lowest BCUT2D eigenvalue weighted by molar-refractivity contribution is 0.0697. The molecule has 8 heteroatoms. The van der Waals surface area contributed by atoms with Gasteiger partial charge in [-0.15, -0.1) is 0 Å². The van der Waals surface area contributed by atoms with E-state index >= 15 is 0 Å². The Balaban J connectivity index is 2.32. The van der Waals surface area contributed by atoms with Crippen molar-refractivity contribution in [3.05, 3.63) is 57.0 Å². The summed E-state index contributed by atoms with van der Waals surface area (Å²) in [6, 6.07) is 10.2. The van der Waals surface area contributed by atoms with Gasteiger partial charge in [-0.05, 0) is 58.4 Å². The predicted octanol–water partition coefficient (Wildman–Crippen LogP) is 3.71. The SMILES string of the molecule is O=C(O)c1ccc(NS(=O)(=O)c2ccc(Br)cc2)c(Br)c1. The molecule has 2 rings (SSSR count). The van der Waals surface area contributed by atoms with E-state index in [4.69, 9.17) is 5.11 Å². The molecule has 0 heterocycles. The zero-order valence-electron chi connectivity index (χ0n) is 10.4. The number of carboxylic acid groups (broad SMARTS) is 1. The van der Waals surface area contributed by atoms with Crippen molar-refractivity contribution in [2.24, 2.45) is 0 Å². The van der Waals surface area contributed by atoms with Crippen LogP contribution in [0.4, 0.5) is 5.69 Å². The summed E-state index contributed by atoms with van der Waals surface area (Å²) in [6.07, 6.45) is 0. The molecule has 0 aromatic heterocycles. The molecule has 0 saturated heterocycles. The van der Waals surface area contributed by atoms with Gasteiger partial charge in [-0.25, -0.2) is 13.2 Å². The monoisotopic (exact) mass is 433 g/mol. The molecule has 0 aliphatic carbocycles. The first-order valence-electron chi connectivity index (χ1n) is 5.61. The van der Waals surface area contributed by atoms with Crippen LogP contribution < -0.4 is 4.72 Å². The lowest BCUT2D eigenvalue weighted by atomic mass is 10.2. The Hall–Kier alpha value is -1.38. The summed E-state index contributed by atoms with van der Waals surface area (Å²) < 4.78 is 28.0. The van der Waals surface area contributed by atoms with Crippen LogP contribution >= 0.6 is 31.9 Å². The zero-order chi connectivity index (χ0) is 15.6. The van der Waals surface area contributed by atoms with Crippen LogP contribution in [0.5, 0.6) is 0 Å². The first-order valence-corrected chi connectivity index (χ1v) is 8.68. The number of rotatable bonds is 4. The Labute approximate surface area is 138 Å². The van der Waals surface area contributed by atoms with E-state index in [1.54, 1.807) is 12.1 Å². The standard InChI is InChI=1S/C13H9Br2NO4S/c14-9-2-4-10(5-3-9)21(19,20)16-12-6-1-8(13(17)18)7-11(12)15/h1-7,16H,(H,17,18). The van der Waals surface area contributed by atoms with Crippen LogP contribution in [0.1, 0.15) is 10.4 Å². The minimum absolute atomic E-state index is 0.0634. The number of aromatic carboxylic acids is 1. The highest BCUT2D eigenvalue weighted by atomic mass is 79.9. The molecule has 0 saturated carbocycles. The second kappa shape index (κ2) is 6.17. The first kappa shape index (κ1) is 16.0. The van der Waals surface area contributed by atoms with E-state index in [1.807, 2.05) is 0 Å². The van der Waals surface area contributed by atoms with E-state index in [9.17, 15) is 13.2 Å². The van der Waals surface area contributed by atoms with Gasteiger partial charge in [0.15, 0.2) is 0 Å². The fourth-order valence-electron chi connectivity index (χ4n) is 1.55. The summed E-state index contributed by atoms with van der Waals surface area (Å²) in [5.74, 6) is -1.09. The summed E-state index contributed by atoms with van der Waals surface area (Å²) in [7, 11) is -3.73. The summed E-state index contributed by atoms with van der Waals surface area (Å²) in [4.78, 5) is 11.0. The van der Waals surface area contributed by atoms with Crippen LogP contribution in [0.2, 0.25) is 0 Å². The molecule has 2 N–H and O–H groups in total. The van der Waals surface area contributed by atoms with Gasteiger partial charge in [-0.3, -0.25) is 4.72 Å². The lowest BCUT2D eigenvalue weighted by Crippen LogP contribution is -2.13. The molecule has 0 aliphatic rings. The Morgan fingerprint density at radius 1 is 1.05 bits per heavy atom. The van der Waals surface area contributed by atoms with Gasteiger partial charge in [0, 0.05) is 8.95 Å². The van der Waals surface area contributed by atoms with Crippen molar-refractivity contribution in [2.75, 3.05) is 4.72 Å². The minimum Gasteiger partial charge on any atom is -0.478 e. The van der Waals surface area contributed by atoms with Crippen LogP contribution in [-0.4, -0.2) is 19.5 Å². The third-order valence-corrected chi connectivity index (χ3v) is 5.15. The molecule has 0 radical (unpaired) electrons. The second-order valence-corrected chi connectivity index (χ2v) is 7.51. The molecule has 0 aliphatic heterocycles. The molecule has 0 unspecified atom stereocenters. The molecular formula is C13H9Br2NO4S. The number of hydrogen-bond donors (Lipinski definition) is 2. The molecule has 2 aromatic carbocycles. The van der Waals surface area contributed by atoms with Crippen LogP contribution in [0.15, 0.2) is 56.3 Å². The highest BCUT2D eigenvalue weighted by molar-refractivity contribution is 9.10. The molecule has 2 aromatic rings. The van der Waals surface area contributed by atoms with Gasteiger partial charge in [0.25, 0.3) is 10.0 Å². The maximum absolute atomic E-state index is 12.2. The third-order valence-electron chi connectivity index (χ3n) is 2.58. The Morgan fingerprint density at radius 2 is 1.67 bits per heavy atom. The van der Waals surface area contributed by atoms with Gasteiger partial charge in [-0.2, -0.15) is 0 Å². The van der Waals surface area contributed by atoms with E-state index < -0.39 is 16.0 Å². The molecule has 0 spiro atoms. The lowest BCUT2D eigenvalue weighted by Gasteiger charge is -2.10. The number of halogens is 2. The van der Waals surface area contributed by atoms with E-state index in [2.05, 4.69) is 36.6 Å². The number of carboxylic acids is 1. The van der Waals surface area contributed by atoms with Gasteiger partial charge in [0.1, 0.15) is 0 Å². The Morgan fingerprint density at radius 3 is 2.19 bits per heavy atom. The molecular weight excluding hydrogens is 426 g/mol. The van der Waals surface area contributed by atoms with Gasteiger partial charge >= 0.3 is 5.97 Å². The molecule has 21 heavy (non-hydrogen) atoms. The fraction of sp³-hybridized carbons (Fsp3) is 0. The molecule has 0 fully saturated rings. The third kappa shape index (κ3) is 3.84. The topological polar surface area (TPSA) is 83.5 Å². The maximum Gasteiger partial charge on any atom is 0.335 e. The Kier molecular flexibility index (Phi) is 4.70. The van der Waals surface area contributed by atoms with Crippen molar-refractivity contribution >= 4 is 53.5 Å². The predicted molar refractivity (Wildman–Crippen MR) is 86.1 cm³/mol. The number of hydrogen-bond acceptors (Lipinski definition) is 3. The number of carbonyl (C=O) groups is 1. The quantitative estimate of drug-likeness (QED) is 0.768. The number of anilines is 1. The van der Waals surface area contributed by atoms with Crippen molar-refractivity contribution in [2.45, 2.75) is 4.90 Å². The van der Waals surface area contributed by atoms with E-state index in [0.717, 1.165) is 4.47 Å². The van der Waals surface area contributed by atoms with E-state index in [1.165, 1.54) is 30.3 Å². The normalized spacial score (nSPS) is 11.1. The summed E-state index contributed by atoms with van der Waals surface area (Å²) in [6.45, 7) is 0. The average Bonchev–Trinajstić information content (AvgIpc) is 2.41. The molecule has 0 atom stereocenters. The Bertz CT molecular complexity index is 788. The summed E-state index contributed by atoms with van der Waals surface area (Å²) in [5.41, 5.74) is 0.330. The van der Waals surface area contributed by atoms with Crippen molar-refractivity contribution in [3.63, 3.8) is 0 Å². The van der Waals surface area contributed by atoms with Gasteiger partial charge in [0.05, 0.1) is 16.1 Å². The number of sulfonamides is 1. The van der Waals surface area contributed by atoms with Crippen molar-refractivity contribution in [1.29, 1.82) is 0 Å². The van der Waals surface area contributed by atoms with Crippen LogP contribution in [0.3, 0.4) is 0 Å². The van der Waals surface area contributed by atoms with E-state index in [0.29, 0.717) is 4.47 Å². The second-order valence-electron chi connectivity index (χ2n) is 4.06. The number of nitrogens with one attached hydrogen (secondary N) is 1. The van der Waals surface area contributed by atoms with Gasteiger partial charge in [-0.1, -0.05) is 15.9 Å². The number of benzene rings is 2.